The van der Waals surface area contributed by atoms with Crippen LogP contribution in [0.2, 0.25) is 10.0 Å². The van der Waals surface area contributed by atoms with E-state index in [9.17, 15) is 0 Å². The lowest BCUT2D eigenvalue weighted by Crippen LogP contribution is -1.93. The number of halogens is 2. The van der Waals surface area contributed by atoms with E-state index in [1.165, 1.54) is 0 Å². The molecule has 3 aromatic rings. The van der Waals surface area contributed by atoms with E-state index in [1.54, 1.807) is 24.3 Å². The van der Waals surface area contributed by atoms with Crippen molar-refractivity contribution in [2.45, 2.75) is 0 Å². The average molecular weight is 293 g/mol. The van der Waals surface area contributed by atoms with Crippen molar-refractivity contribution in [3.8, 4) is 0 Å². The van der Waals surface area contributed by atoms with Gasteiger partial charge in [-0.3, -0.25) is 0 Å². The van der Waals surface area contributed by atoms with Crippen LogP contribution >= 0.6 is 23.2 Å². The Labute approximate surface area is 119 Å². The van der Waals surface area contributed by atoms with Gasteiger partial charge in [0.1, 0.15) is 0 Å². The predicted octanol–water partition coefficient (Wildman–Crippen LogP) is 4.20. The molecule has 2 aromatic carbocycles. The minimum atomic E-state index is 0.535. The number of fused-ring (bicyclic) bond motifs is 1. The first-order valence-corrected chi connectivity index (χ1v) is 6.35. The summed E-state index contributed by atoms with van der Waals surface area (Å²) in [6.45, 7) is 0. The number of aromatic nitrogens is 2. The number of aromatic amines is 1. The molecular weight excluding hydrogens is 283 g/mol. The maximum atomic E-state index is 6.09. The van der Waals surface area contributed by atoms with Gasteiger partial charge in [0.2, 0.25) is 5.95 Å². The van der Waals surface area contributed by atoms with E-state index in [4.69, 9.17) is 28.9 Å². The molecule has 0 aliphatic rings. The molecule has 19 heavy (non-hydrogen) atoms. The van der Waals surface area contributed by atoms with E-state index in [0.717, 1.165) is 11.0 Å². The van der Waals surface area contributed by atoms with Crippen LogP contribution in [0.15, 0.2) is 36.4 Å². The molecule has 0 fully saturated rings. The summed E-state index contributed by atoms with van der Waals surface area (Å²) >= 11 is 12.2. The molecule has 6 heteroatoms. The lowest BCUT2D eigenvalue weighted by molar-refractivity contribution is 1.31. The highest BCUT2D eigenvalue weighted by Crippen LogP contribution is 2.32. The number of nitrogens with two attached hydrogens (primary N) is 1. The van der Waals surface area contributed by atoms with Gasteiger partial charge in [-0.15, -0.1) is 0 Å². The van der Waals surface area contributed by atoms with Crippen molar-refractivity contribution in [2.24, 2.45) is 0 Å². The van der Waals surface area contributed by atoms with Crippen LogP contribution in [0.4, 0.5) is 17.3 Å². The Morgan fingerprint density at radius 3 is 2.58 bits per heavy atom. The summed E-state index contributed by atoms with van der Waals surface area (Å²) in [7, 11) is 0. The molecule has 96 valence electrons. The Kier molecular flexibility index (Phi) is 2.97. The zero-order valence-corrected chi connectivity index (χ0v) is 11.3. The van der Waals surface area contributed by atoms with Gasteiger partial charge in [-0.1, -0.05) is 29.3 Å². The predicted molar refractivity (Wildman–Crippen MR) is 80.3 cm³/mol. The van der Waals surface area contributed by atoms with Crippen molar-refractivity contribution < 1.29 is 0 Å². The van der Waals surface area contributed by atoms with Crippen LogP contribution in [0.5, 0.6) is 0 Å². The van der Waals surface area contributed by atoms with Gasteiger partial charge in [0.25, 0.3) is 0 Å². The summed E-state index contributed by atoms with van der Waals surface area (Å²) in [5.74, 6) is 0.565. The minimum Gasteiger partial charge on any atom is -0.399 e. The van der Waals surface area contributed by atoms with E-state index in [0.29, 0.717) is 27.4 Å². The van der Waals surface area contributed by atoms with Crippen LogP contribution in [0.3, 0.4) is 0 Å². The Bertz CT molecular complexity index is 731. The molecule has 0 aliphatic carbocycles. The van der Waals surface area contributed by atoms with Crippen molar-refractivity contribution in [3.63, 3.8) is 0 Å². The molecule has 4 nitrogen and oxygen atoms in total. The van der Waals surface area contributed by atoms with Crippen LogP contribution in [-0.4, -0.2) is 9.97 Å². The van der Waals surface area contributed by atoms with E-state index in [1.807, 2.05) is 12.1 Å². The second-order valence-electron chi connectivity index (χ2n) is 4.08. The molecular formula is C13H10Cl2N4. The third-order valence-corrected chi connectivity index (χ3v) is 3.34. The maximum Gasteiger partial charge on any atom is 0.205 e. The quantitative estimate of drug-likeness (QED) is 0.620. The molecule has 1 heterocycles. The maximum absolute atomic E-state index is 6.09. The monoisotopic (exact) mass is 292 g/mol. The SMILES string of the molecule is Nc1ccc2nc(Nc3c(Cl)cccc3Cl)[nH]c2c1. The largest absolute Gasteiger partial charge is 0.399 e. The fourth-order valence-corrected chi connectivity index (χ4v) is 2.31. The number of anilines is 3. The molecule has 0 spiro atoms. The lowest BCUT2D eigenvalue weighted by Gasteiger charge is -2.06. The van der Waals surface area contributed by atoms with E-state index in [2.05, 4.69) is 15.3 Å². The summed E-state index contributed by atoms with van der Waals surface area (Å²) in [5.41, 5.74) is 8.70. The van der Waals surface area contributed by atoms with Gasteiger partial charge in [0.05, 0.1) is 26.8 Å². The number of rotatable bonds is 2. The second kappa shape index (κ2) is 4.64. The number of hydrogen-bond acceptors (Lipinski definition) is 3. The van der Waals surface area contributed by atoms with Crippen LogP contribution in [0, 0.1) is 0 Å². The van der Waals surface area contributed by atoms with Gasteiger partial charge in [-0.05, 0) is 30.3 Å². The molecule has 4 N–H and O–H groups in total. The number of para-hydroxylation sites is 1. The van der Waals surface area contributed by atoms with E-state index < -0.39 is 0 Å². The summed E-state index contributed by atoms with van der Waals surface area (Å²) in [6.07, 6.45) is 0. The molecule has 0 saturated heterocycles. The zero-order chi connectivity index (χ0) is 13.4. The fraction of sp³-hybridized carbons (Fsp3) is 0. The summed E-state index contributed by atoms with van der Waals surface area (Å²) in [6, 6.07) is 10.8. The zero-order valence-electron chi connectivity index (χ0n) is 9.74. The highest BCUT2D eigenvalue weighted by molar-refractivity contribution is 6.39. The highest BCUT2D eigenvalue weighted by Gasteiger charge is 2.08. The fourth-order valence-electron chi connectivity index (χ4n) is 1.82. The van der Waals surface area contributed by atoms with Crippen molar-refractivity contribution in [1.82, 2.24) is 9.97 Å². The standard InChI is InChI=1S/C13H10Cl2N4/c14-8-2-1-3-9(15)12(8)19-13-17-10-5-4-7(16)6-11(10)18-13/h1-6H,16H2,(H2,17,18,19). The summed E-state index contributed by atoms with van der Waals surface area (Å²) in [4.78, 5) is 7.51. The molecule has 0 bridgehead atoms. The van der Waals surface area contributed by atoms with E-state index in [-0.39, 0.29) is 0 Å². The summed E-state index contributed by atoms with van der Waals surface area (Å²) in [5, 5.41) is 4.15. The van der Waals surface area contributed by atoms with Gasteiger partial charge in [-0.2, -0.15) is 0 Å². The third-order valence-electron chi connectivity index (χ3n) is 2.71. The number of nitrogen functional groups attached to an aromatic ring is 1. The van der Waals surface area contributed by atoms with Gasteiger partial charge in [0.15, 0.2) is 0 Å². The average Bonchev–Trinajstić information content (AvgIpc) is 2.75. The molecule has 0 unspecified atom stereocenters. The van der Waals surface area contributed by atoms with Gasteiger partial charge >= 0.3 is 0 Å². The summed E-state index contributed by atoms with van der Waals surface area (Å²) < 4.78 is 0. The normalized spacial score (nSPS) is 10.8. The van der Waals surface area contributed by atoms with Crippen LogP contribution in [-0.2, 0) is 0 Å². The van der Waals surface area contributed by atoms with Crippen LogP contribution in [0.25, 0.3) is 11.0 Å². The van der Waals surface area contributed by atoms with Crippen LogP contribution in [0.1, 0.15) is 0 Å². The Hall–Kier alpha value is -1.91. The van der Waals surface area contributed by atoms with Gasteiger partial charge in [0, 0.05) is 5.69 Å². The number of nitrogens with zero attached hydrogens (tertiary/aromatic N) is 1. The topological polar surface area (TPSA) is 66.7 Å². The Balaban J connectivity index is 2.01. The number of nitrogens with one attached hydrogen (secondary N) is 2. The first-order chi connectivity index (χ1) is 9.13. The third kappa shape index (κ3) is 2.32. The molecule has 0 radical (unpaired) electrons. The minimum absolute atomic E-state index is 0.535. The molecule has 0 atom stereocenters. The van der Waals surface area contributed by atoms with Gasteiger partial charge in [-0.25, -0.2) is 4.98 Å². The van der Waals surface area contributed by atoms with Gasteiger partial charge < -0.3 is 16.0 Å². The first kappa shape index (κ1) is 12.1. The molecule has 3 rings (SSSR count). The van der Waals surface area contributed by atoms with Crippen molar-refractivity contribution in [2.75, 3.05) is 11.1 Å². The smallest absolute Gasteiger partial charge is 0.205 e. The van der Waals surface area contributed by atoms with Crippen molar-refractivity contribution in [1.29, 1.82) is 0 Å². The van der Waals surface area contributed by atoms with Crippen molar-refractivity contribution >= 4 is 51.6 Å². The number of H-pyrrole nitrogens is 1. The number of benzene rings is 2. The Morgan fingerprint density at radius 1 is 1.11 bits per heavy atom. The number of hydrogen-bond donors (Lipinski definition) is 3. The molecule has 0 amide bonds. The molecule has 0 saturated carbocycles. The van der Waals surface area contributed by atoms with Crippen LogP contribution < -0.4 is 11.1 Å². The van der Waals surface area contributed by atoms with Crippen molar-refractivity contribution in [3.05, 3.63) is 46.4 Å². The highest BCUT2D eigenvalue weighted by atomic mass is 35.5. The molecule has 1 aromatic heterocycles. The second-order valence-corrected chi connectivity index (χ2v) is 4.90. The van der Waals surface area contributed by atoms with E-state index >= 15 is 0 Å². The first-order valence-electron chi connectivity index (χ1n) is 5.60. The number of imidazole rings is 1. The lowest BCUT2D eigenvalue weighted by atomic mass is 10.3. The molecule has 0 aliphatic heterocycles. The Morgan fingerprint density at radius 2 is 1.84 bits per heavy atom.